The van der Waals surface area contributed by atoms with E-state index in [0.717, 1.165) is 11.1 Å². The topological polar surface area (TPSA) is 34.1 Å². The number of rotatable bonds is 0. The van der Waals surface area contributed by atoms with Crippen LogP contribution in [0.5, 0.6) is 0 Å². The third-order valence-corrected chi connectivity index (χ3v) is 3.77. The molecule has 0 bridgehead atoms. The van der Waals surface area contributed by atoms with Gasteiger partial charge in [0.1, 0.15) is 0 Å². The molecule has 0 aromatic heterocycles. The third kappa shape index (κ3) is 1.04. The van der Waals surface area contributed by atoms with Gasteiger partial charge in [0.2, 0.25) is 0 Å². The van der Waals surface area contributed by atoms with Crippen LogP contribution in [0, 0.1) is 0 Å². The number of carbonyl (C=O) groups excluding carboxylic acids is 2. The van der Waals surface area contributed by atoms with Gasteiger partial charge in [-0.3, -0.25) is 9.59 Å². The molecule has 2 aliphatic carbocycles. The molecule has 0 radical (unpaired) electrons. The van der Waals surface area contributed by atoms with E-state index in [2.05, 4.69) is 31.9 Å². The van der Waals surface area contributed by atoms with Gasteiger partial charge in [-0.15, -0.1) is 0 Å². The number of alkyl halides is 2. The molecule has 0 aliphatic heterocycles. The van der Waals surface area contributed by atoms with Crippen LogP contribution in [0.4, 0.5) is 0 Å². The molecular formula is C8H6Br2O2. The van der Waals surface area contributed by atoms with Gasteiger partial charge in [-0.25, -0.2) is 0 Å². The van der Waals surface area contributed by atoms with Gasteiger partial charge < -0.3 is 0 Å². The Morgan fingerprint density at radius 2 is 1.25 bits per heavy atom. The average molecular weight is 294 g/mol. The molecule has 2 unspecified atom stereocenters. The van der Waals surface area contributed by atoms with Crippen LogP contribution in [-0.4, -0.2) is 21.2 Å². The minimum absolute atomic E-state index is 0.0975. The van der Waals surface area contributed by atoms with E-state index in [1.807, 2.05) is 0 Å². The van der Waals surface area contributed by atoms with Crippen molar-refractivity contribution in [3.8, 4) is 0 Å². The monoisotopic (exact) mass is 292 g/mol. The van der Waals surface area contributed by atoms with Crippen LogP contribution in [0.2, 0.25) is 0 Å². The molecule has 2 nitrogen and oxygen atoms in total. The molecule has 12 heavy (non-hydrogen) atoms. The Labute approximate surface area is 86.7 Å². The molecule has 0 saturated heterocycles. The molecule has 0 heterocycles. The summed E-state index contributed by atoms with van der Waals surface area (Å²) < 4.78 is 0. The average Bonchev–Trinajstić information content (AvgIpc) is 2.43. The number of Topliss-reactive ketones (excluding diaryl/α,β-unsaturated/α-hetero) is 2. The van der Waals surface area contributed by atoms with Crippen LogP contribution in [0.25, 0.3) is 0 Å². The molecule has 0 aromatic rings. The van der Waals surface area contributed by atoms with Crippen LogP contribution in [0.1, 0.15) is 12.8 Å². The van der Waals surface area contributed by atoms with Crippen molar-refractivity contribution >= 4 is 43.4 Å². The Morgan fingerprint density at radius 3 is 1.58 bits per heavy atom. The molecule has 2 atom stereocenters. The number of hydrogen-bond donors (Lipinski definition) is 0. The van der Waals surface area contributed by atoms with Gasteiger partial charge in [0.25, 0.3) is 0 Å². The van der Waals surface area contributed by atoms with Gasteiger partial charge in [0.05, 0.1) is 9.65 Å². The van der Waals surface area contributed by atoms with E-state index in [4.69, 9.17) is 0 Å². The molecule has 0 spiro atoms. The van der Waals surface area contributed by atoms with E-state index in [0.29, 0.717) is 12.8 Å². The molecule has 4 heteroatoms. The highest BCUT2D eigenvalue weighted by molar-refractivity contribution is 9.10. The summed E-state index contributed by atoms with van der Waals surface area (Å²) in [6.45, 7) is 0. The Hall–Kier alpha value is 0.0400. The first-order valence-corrected chi connectivity index (χ1v) is 5.53. The first-order valence-electron chi connectivity index (χ1n) is 3.70. The maximum Gasteiger partial charge on any atom is 0.173 e. The smallest absolute Gasteiger partial charge is 0.173 e. The van der Waals surface area contributed by atoms with E-state index in [1.165, 1.54) is 0 Å². The van der Waals surface area contributed by atoms with Crippen LogP contribution in [-0.2, 0) is 9.59 Å². The summed E-state index contributed by atoms with van der Waals surface area (Å²) in [5.74, 6) is 0.195. The van der Waals surface area contributed by atoms with Crippen LogP contribution in [0.15, 0.2) is 11.1 Å². The Morgan fingerprint density at radius 1 is 0.917 bits per heavy atom. The number of carbonyl (C=O) groups is 2. The molecule has 0 N–H and O–H groups in total. The van der Waals surface area contributed by atoms with Gasteiger partial charge in [-0.1, -0.05) is 31.9 Å². The van der Waals surface area contributed by atoms with Gasteiger partial charge >= 0.3 is 0 Å². The van der Waals surface area contributed by atoms with Crippen LogP contribution in [0.3, 0.4) is 0 Å². The third-order valence-electron chi connectivity index (χ3n) is 2.29. The maximum atomic E-state index is 11.4. The molecule has 0 fully saturated rings. The van der Waals surface area contributed by atoms with Gasteiger partial charge in [0.15, 0.2) is 11.6 Å². The van der Waals surface area contributed by atoms with Crippen molar-refractivity contribution < 1.29 is 9.59 Å². The zero-order valence-electron chi connectivity index (χ0n) is 6.14. The summed E-state index contributed by atoms with van der Waals surface area (Å²) in [6, 6.07) is 0. The molecule has 0 saturated carbocycles. The summed E-state index contributed by atoms with van der Waals surface area (Å²) >= 11 is 6.50. The standard InChI is InChI=1S/C8H6Br2O2/c9-5-1-3-4(8(5)12)2-6(10)7(3)11/h5-6H,1-2H2. The Bertz CT molecular complexity index is 276. The summed E-state index contributed by atoms with van der Waals surface area (Å²) in [6.07, 6.45) is 1.16. The van der Waals surface area contributed by atoms with Crippen molar-refractivity contribution in [2.45, 2.75) is 22.5 Å². The summed E-state index contributed by atoms with van der Waals surface area (Å²) in [4.78, 5) is 22.5. The number of halogens is 2. The van der Waals surface area contributed by atoms with E-state index in [9.17, 15) is 9.59 Å². The predicted octanol–water partition coefficient (Wildman–Crippen LogP) is 1.76. The van der Waals surface area contributed by atoms with Crippen molar-refractivity contribution in [1.29, 1.82) is 0 Å². The van der Waals surface area contributed by atoms with Crippen molar-refractivity contribution in [1.82, 2.24) is 0 Å². The Kier molecular flexibility index (Phi) is 1.99. The second kappa shape index (κ2) is 2.77. The zero-order valence-corrected chi connectivity index (χ0v) is 9.31. The second-order valence-electron chi connectivity index (χ2n) is 3.03. The SMILES string of the molecule is O=C1C2=C(CC1Br)C(=O)C(Br)C2. The maximum absolute atomic E-state index is 11.4. The summed E-state index contributed by atoms with van der Waals surface area (Å²) in [7, 11) is 0. The molecule has 2 aliphatic rings. The molecule has 2 rings (SSSR count). The van der Waals surface area contributed by atoms with Gasteiger partial charge in [0, 0.05) is 11.1 Å². The van der Waals surface area contributed by atoms with Crippen molar-refractivity contribution in [2.75, 3.05) is 0 Å². The van der Waals surface area contributed by atoms with E-state index in [1.54, 1.807) is 0 Å². The second-order valence-corrected chi connectivity index (χ2v) is 5.24. The van der Waals surface area contributed by atoms with Crippen molar-refractivity contribution in [2.24, 2.45) is 0 Å². The quantitative estimate of drug-likeness (QED) is 0.638. The number of hydrogen-bond acceptors (Lipinski definition) is 2. The number of ketones is 2. The fraction of sp³-hybridized carbons (Fsp3) is 0.500. The molecule has 64 valence electrons. The highest BCUT2D eigenvalue weighted by Gasteiger charge is 2.42. The van der Waals surface area contributed by atoms with E-state index >= 15 is 0 Å². The van der Waals surface area contributed by atoms with Crippen molar-refractivity contribution in [3.05, 3.63) is 11.1 Å². The zero-order chi connectivity index (χ0) is 8.88. The van der Waals surface area contributed by atoms with Crippen molar-refractivity contribution in [3.63, 3.8) is 0 Å². The van der Waals surface area contributed by atoms with Gasteiger partial charge in [-0.05, 0) is 12.8 Å². The van der Waals surface area contributed by atoms with Crippen LogP contribution < -0.4 is 0 Å². The first kappa shape index (κ1) is 8.63. The normalized spacial score (nSPS) is 34.8. The van der Waals surface area contributed by atoms with E-state index < -0.39 is 0 Å². The fourth-order valence-electron chi connectivity index (χ4n) is 1.67. The first-order chi connectivity index (χ1) is 5.61. The fourth-order valence-corrected chi connectivity index (χ4v) is 2.87. The summed E-state index contributed by atoms with van der Waals surface area (Å²) in [5, 5.41) is 0. The lowest BCUT2D eigenvalue weighted by molar-refractivity contribution is -0.114. The minimum atomic E-state index is -0.147. The lowest BCUT2D eigenvalue weighted by Crippen LogP contribution is -2.15. The molecule has 0 amide bonds. The minimum Gasteiger partial charge on any atom is -0.293 e. The van der Waals surface area contributed by atoms with Crippen LogP contribution >= 0.6 is 31.9 Å². The number of allylic oxidation sites excluding steroid dienone is 2. The highest BCUT2D eigenvalue weighted by Crippen LogP contribution is 2.39. The van der Waals surface area contributed by atoms with Gasteiger partial charge in [-0.2, -0.15) is 0 Å². The molecule has 0 aromatic carbocycles. The molecular weight excluding hydrogens is 288 g/mol. The summed E-state index contributed by atoms with van der Waals surface area (Å²) in [5.41, 5.74) is 1.48. The lowest BCUT2D eigenvalue weighted by atomic mass is 10.1. The largest absolute Gasteiger partial charge is 0.293 e. The highest BCUT2D eigenvalue weighted by atomic mass is 79.9. The predicted molar refractivity (Wildman–Crippen MR) is 51.7 cm³/mol. The Balaban J connectivity index is 2.37. The lowest BCUT2D eigenvalue weighted by Gasteiger charge is -2.03. The van der Waals surface area contributed by atoms with E-state index in [-0.39, 0.29) is 21.2 Å².